The molecule has 0 bridgehead atoms. The standard InChI is InChI=1S/C16H13BrFNO3/c1-9-12(17)4-3-5-14(9)19-15(20)11-7-6-10(8-13(11)18)16(21)22-2/h3-8H,1-2H3,(H,19,20). The monoisotopic (exact) mass is 365 g/mol. The molecule has 114 valence electrons. The number of amides is 1. The highest BCUT2D eigenvalue weighted by Gasteiger charge is 2.16. The first-order chi connectivity index (χ1) is 10.4. The van der Waals surface area contributed by atoms with E-state index in [1.807, 2.05) is 13.0 Å². The molecule has 0 aliphatic carbocycles. The van der Waals surface area contributed by atoms with Gasteiger partial charge >= 0.3 is 5.97 Å². The van der Waals surface area contributed by atoms with Crippen molar-refractivity contribution in [1.29, 1.82) is 0 Å². The summed E-state index contributed by atoms with van der Waals surface area (Å²) in [5.74, 6) is -2.03. The molecule has 0 radical (unpaired) electrons. The van der Waals surface area contributed by atoms with E-state index in [-0.39, 0.29) is 11.1 Å². The molecule has 6 heteroatoms. The van der Waals surface area contributed by atoms with E-state index in [2.05, 4.69) is 26.0 Å². The van der Waals surface area contributed by atoms with Gasteiger partial charge in [0.15, 0.2) is 0 Å². The third kappa shape index (κ3) is 3.33. The Labute approximate surface area is 135 Å². The van der Waals surface area contributed by atoms with Crippen LogP contribution in [-0.2, 0) is 4.74 Å². The molecule has 0 aliphatic heterocycles. The molecule has 0 saturated heterocycles. The Morgan fingerprint density at radius 3 is 2.59 bits per heavy atom. The highest BCUT2D eigenvalue weighted by atomic mass is 79.9. The second kappa shape index (κ2) is 6.70. The maximum Gasteiger partial charge on any atom is 0.337 e. The van der Waals surface area contributed by atoms with E-state index in [1.165, 1.54) is 19.2 Å². The van der Waals surface area contributed by atoms with Gasteiger partial charge in [-0.05, 0) is 42.8 Å². The molecule has 0 aliphatic rings. The number of carbonyl (C=O) groups is 2. The summed E-state index contributed by atoms with van der Waals surface area (Å²) >= 11 is 3.36. The van der Waals surface area contributed by atoms with Crippen LogP contribution in [0.4, 0.5) is 10.1 Å². The van der Waals surface area contributed by atoms with Crippen LogP contribution in [-0.4, -0.2) is 19.0 Å². The van der Waals surface area contributed by atoms with Crippen LogP contribution in [0, 0.1) is 12.7 Å². The number of hydrogen-bond acceptors (Lipinski definition) is 3. The smallest absolute Gasteiger partial charge is 0.337 e. The quantitative estimate of drug-likeness (QED) is 0.838. The molecule has 2 rings (SSSR count). The SMILES string of the molecule is COC(=O)c1ccc(C(=O)Nc2cccc(Br)c2C)c(F)c1. The Bertz CT molecular complexity index is 746. The van der Waals surface area contributed by atoms with Crippen molar-refractivity contribution in [2.45, 2.75) is 6.92 Å². The van der Waals surface area contributed by atoms with Crippen molar-refractivity contribution < 1.29 is 18.7 Å². The first kappa shape index (κ1) is 16.2. The van der Waals surface area contributed by atoms with E-state index in [0.717, 1.165) is 16.1 Å². The number of carbonyl (C=O) groups excluding carboxylic acids is 2. The molecule has 4 nitrogen and oxygen atoms in total. The zero-order chi connectivity index (χ0) is 16.3. The van der Waals surface area contributed by atoms with E-state index in [0.29, 0.717) is 5.69 Å². The molecule has 1 amide bonds. The molecule has 2 aromatic rings. The lowest BCUT2D eigenvalue weighted by atomic mass is 10.1. The number of halogens is 2. The summed E-state index contributed by atoms with van der Waals surface area (Å²) in [7, 11) is 1.21. The van der Waals surface area contributed by atoms with Gasteiger partial charge in [0.2, 0.25) is 0 Å². The van der Waals surface area contributed by atoms with Gasteiger partial charge in [-0.2, -0.15) is 0 Å². The average Bonchev–Trinajstić information content (AvgIpc) is 2.50. The lowest BCUT2D eigenvalue weighted by Gasteiger charge is -2.10. The van der Waals surface area contributed by atoms with Crippen molar-refractivity contribution in [3.05, 3.63) is 63.4 Å². The van der Waals surface area contributed by atoms with Crippen LogP contribution < -0.4 is 5.32 Å². The minimum atomic E-state index is -0.784. The van der Waals surface area contributed by atoms with Gasteiger partial charge in [-0.3, -0.25) is 4.79 Å². The summed E-state index contributed by atoms with van der Waals surface area (Å²) in [4.78, 5) is 23.5. The van der Waals surface area contributed by atoms with Crippen molar-refractivity contribution in [3.8, 4) is 0 Å². The summed E-state index contributed by atoms with van der Waals surface area (Å²) < 4.78 is 19.3. The Hall–Kier alpha value is -2.21. The van der Waals surface area contributed by atoms with E-state index < -0.39 is 17.7 Å². The van der Waals surface area contributed by atoms with Gasteiger partial charge in [0.25, 0.3) is 5.91 Å². The fourth-order valence-corrected chi connectivity index (χ4v) is 2.24. The number of ether oxygens (including phenoxy) is 1. The summed E-state index contributed by atoms with van der Waals surface area (Å²) in [6, 6.07) is 8.91. The minimum absolute atomic E-state index is 0.0511. The number of methoxy groups -OCH3 is 1. The van der Waals surface area contributed by atoms with Crippen molar-refractivity contribution in [2.24, 2.45) is 0 Å². The van der Waals surface area contributed by atoms with Gasteiger partial charge < -0.3 is 10.1 Å². The van der Waals surface area contributed by atoms with Gasteiger partial charge in [0.1, 0.15) is 5.82 Å². The molecular weight excluding hydrogens is 353 g/mol. The number of nitrogens with one attached hydrogen (secondary N) is 1. The molecule has 1 N–H and O–H groups in total. The number of rotatable bonds is 3. The van der Waals surface area contributed by atoms with Gasteiger partial charge in [0.05, 0.1) is 18.2 Å². The predicted octanol–water partition coefficient (Wildman–Crippen LogP) is 3.94. The van der Waals surface area contributed by atoms with Gasteiger partial charge in [-0.15, -0.1) is 0 Å². The zero-order valence-electron chi connectivity index (χ0n) is 11.9. The lowest BCUT2D eigenvalue weighted by Crippen LogP contribution is -2.15. The Kier molecular flexibility index (Phi) is 4.92. The molecule has 0 aromatic heterocycles. The lowest BCUT2D eigenvalue weighted by molar-refractivity contribution is 0.0599. The second-order valence-electron chi connectivity index (χ2n) is 4.55. The third-order valence-electron chi connectivity index (χ3n) is 3.15. The van der Waals surface area contributed by atoms with Gasteiger partial charge in [-0.25, -0.2) is 9.18 Å². The molecular formula is C16H13BrFNO3. The van der Waals surface area contributed by atoms with E-state index >= 15 is 0 Å². The van der Waals surface area contributed by atoms with Crippen LogP contribution in [0.5, 0.6) is 0 Å². The maximum atomic E-state index is 14.0. The van der Waals surface area contributed by atoms with Crippen LogP contribution >= 0.6 is 15.9 Å². The third-order valence-corrected chi connectivity index (χ3v) is 4.01. The van der Waals surface area contributed by atoms with Gasteiger partial charge in [0, 0.05) is 10.2 Å². The highest BCUT2D eigenvalue weighted by Crippen LogP contribution is 2.24. The normalized spacial score (nSPS) is 10.2. The molecule has 0 unspecified atom stereocenters. The summed E-state index contributed by atoms with van der Waals surface area (Å²) in [6.45, 7) is 1.83. The van der Waals surface area contributed by atoms with Gasteiger partial charge in [-0.1, -0.05) is 22.0 Å². The van der Waals surface area contributed by atoms with Crippen LogP contribution in [0.2, 0.25) is 0 Å². The summed E-state index contributed by atoms with van der Waals surface area (Å²) in [5, 5.41) is 2.65. The van der Waals surface area contributed by atoms with Crippen molar-refractivity contribution >= 4 is 33.5 Å². The first-order valence-corrected chi connectivity index (χ1v) is 7.17. The van der Waals surface area contributed by atoms with Crippen LogP contribution in [0.1, 0.15) is 26.3 Å². The molecule has 0 saturated carbocycles. The molecule has 0 atom stereocenters. The summed E-state index contributed by atoms with van der Waals surface area (Å²) in [6.07, 6.45) is 0. The molecule has 0 spiro atoms. The van der Waals surface area contributed by atoms with Crippen molar-refractivity contribution in [1.82, 2.24) is 0 Å². The van der Waals surface area contributed by atoms with Crippen LogP contribution in [0.15, 0.2) is 40.9 Å². The maximum absolute atomic E-state index is 14.0. The van der Waals surface area contributed by atoms with E-state index in [1.54, 1.807) is 12.1 Å². The Balaban J connectivity index is 2.27. The Morgan fingerprint density at radius 2 is 1.95 bits per heavy atom. The van der Waals surface area contributed by atoms with Crippen LogP contribution in [0.25, 0.3) is 0 Å². The fourth-order valence-electron chi connectivity index (χ4n) is 1.88. The van der Waals surface area contributed by atoms with Crippen molar-refractivity contribution in [2.75, 3.05) is 12.4 Å². The molecule has 0 fully saturated rings. The number of benzene rings is 2. The van der Waals surface area contributed by atoms with Crippen molar-refractivity contribution in [3.63, 3.8) is 0 Å². The molecule has 22 heavy (non-hydrogen) atoms. The number of esters is 1. The second-order valence-corrected chi connectivity index (χ2v) is 5.41. The first-order valence-electron chi connectivity index (χ1n) is 6.38. The fraction of sp³-hybridized carbons (Fsp3) is 0.125. The average molecular weight is 366 g/mol. The number of hydrogen-bond donors (Lipinski definition) is 1. The largest absolute Gasteiger partial charge is 0.465 e. The predicted molar refractivity (Wildman–Crippen MR) is 84.6 cm³/mol. The summed E-state index contributed by atoms with van der Waals surface area (Å²) in [5.41, 5.74) is 1.32. The van der Waals surface area contributed by atoms with Crippen LogP contribution in [0.3, 0.4) is 0 Å². The topological polar surface area (TPSA) is 55.4 Å². The zero-order valence-corrected chi connectivity index (χ0v) is 13.5. The highest BCUT2D eigenvalue weighted by molar-refractivity contribution is 9.10. The Morgan fingerprint density at radius 1 is 1.23 bits per heavy atom. The molecule has 0 heterocycles. The van der Waals surface area contributed by atoms with E-state index in [9.17, 15) is 14.0 Å². The van der Waals surface area contributed by atoms with E-state index in [4.69, 9.17) is 0 Å². The minimum Gasteiger partial charge on any atom is -0.465 e. The number of anilines is 1. The molecule has 2 aromatic carbocycles.